The summed E-state index contributed by atoms with van der Waals surface area (Å²) in [5.74, 6) is -0.444. The van der Waals surface area contributed by atoms with Gasteiger partial charge in [-0.2, -0.15) is 0 Å². The third kappa shape index (κ3) is 33.7. The minimum atomic E-state index is -0.537. The van der Waals surface area contributed by atoms with Crippen LogP contribution >= 0.6 is 17.0 Å². The monoisotopic (exact) mass is 647 g/mol. The van der Waals surface area contributed by atoms with Gasteiger partial charge in [-0.05, 0) is 12.8 Å². The molecule has 0 rings (SSSR count). The Labute approximate surface area is 266 Å². The summed E-state index contributed by atoms with van der Waals surface area (Å²) in [7, 11) is 0. The van der Waals surface area contributed by atoms with E-state index in [1.807, 2.05) is 0 Å². The van der Waals surface area contributed by atoms with E-state index in [0.717, 1.165) is 25.7 Å². The Balaban J connectivity index is 0. The van der Waals surface area contributed by atoms with E-state index in [1.54, 1.807) is 0 Å². The van der Waals surface area contributed by atoms with Gasteiger partial charge < -0.3 is 15.2 Å². The van der Waals surface area contributed by atoms with E-state index in [-0.39, 0.29) is 42.1 Å². The maximum absolute atomic E-state index is 12.1. The van der Waals surface area contributed by atoms with E-state index in [9.17, 15) is 9.59 Å². The predicted octanol–water partition coefficient (Wildman–Crippen LogP) is 10.9. The van der Waals surface area contributed by atoms with Crippen LogP contribution in [-0.2, 0) is 19.1 Å². The molecule has 0 saturated heterocycles. The second-order valence-corrected chi connectivity index (χ2v) is 12.0. The molecule has 0 saturated carbocycles. The average Bonchev–Trinajstić information content (AvgIpc) is 2.96. The van der Waals surface area contributed by atoms with Gasteiger partial charge in [-0.3, -0.25) is 9.59 Å². The highest BCUT2D eigenvalue weighted by Crippen LogP contribution is 2.15. The molecule has 5 nitrogen and oxygen atoms in total. The van der Waals surface area contributed by atoms with Crippen molar-refractivity contribution in [3.05, 3.63) is 0 Å². The van der Waals surface area contributed by atoms with Gasteiger partial charge in [0.15, 0.2) is 0 Å². The number of carbonyl (C=O) groups excluding carboxylic acids is 2. The van der Waals surface area contributed by atoms with E-state index >= 15 is 0 Å². The van der Waals surface area contributed by atoms with Crippen molar-refractivity contribution in [2.24, 2.45) is 5.73 Å². The van der Waals surface area contributed by atoms with Gasteiger partial charge >= 0.3 is 11.9 Å². The number of nitrogens with two attached hydrogens (primary N) is 1. The van der Waals surface area contributed by atoms with Gasteiger partial charge in [0, 0.05) is 19.4 Å². The number of hydrogen-bond donors (Lipinski definition) is 1. The first kappa shape index (κ1) is 42.5. The van der Waals surface area contributed by atoms with Gasteiger partial charge in [-0.15, -0.1) is 17.0 Å². The molecule has 1 atom stereocenters. The minimum absolute atomic E-state index is 0. The smallest absolute Gasteiger partial charge is 0.306 e. The number of hydrogen-bond acceptors (Lipinski definition) is 5. The first-order valence-corrected chi connectivity index (χ1v) is 17.7. The highest BCUT2D eigenvalue weighted by molar-refractivity contribution is 8.93. The molecule has 0 radical (unpaired) electrons. The van der Waals surface area contributed by atoms with Crippen LogP contribution in [0.2, 0.25) is 0 Å². The summed E-state index contributed by atoms with van der Waals surface area (Å²) in [6.07, 6.45) is 33.6. The number of unbranched alkanes of at least 4 members (excludes halogenated alkanes) is 24. The van der Waals surface area contributed by atoms with Gasteiger partial charge in [0.1, 0.15) is 12.7 Å². The molecule has 0 aliphatic heterocycles. The van der Waals surface area contributed by atoms with Crippen molar-refractivity contribution in [1.82, 2.24) is 0 Å². The Morgan fingerprint density at radius 2 is 0.780 bits per heavy atom. The Morgan fingerprint density at radius 1 is 0.488 bits per heavy atom. The third-order valence-electron chi connectivity index (χ3n) is 7.96. The number of halogens is 1. The Bertz CT molecular complexity index is 546. The summed E-state index contributed by atoms with van der Waals surface area (Å²) in [5.41, 5.74) is 5.74. The summed E-state index contributed by atoms with van der Waals surface area (Å²) in [5, 5.41) is 0. The van der Waals surface area contributed by atoms with E-state index in [4.69, 9.17) is 15.2 Å². The van der Waals surface area contributed by atoms with Crippen LogP contribution < -0.4 is 5.73 Å². The molecule has 0 bridgehead atoms. The molecule has 2 N–H and O–H groups in total. The first-order valence-electron chi connectivity index (χ1n) is 17.7. The normalized spacial score (nSPS) is 11.7. The maximum atomic E-state index is 12.1. The molecule has 0 aliphatic carbocycles. The van der Waals surface area contributed by atoms with Gasteiger partial charge in [0.05, 0.1) is 0 Å². The number of carbonyl (C=O) groups is 2. The SMILES string of the molecule is Br.CCCCCCCCCCCCCCCC(=O)OCC(CN)OC(=O)CCCCCCCCCCCCCCC. The third-order valence-corrected chi connectivity index (χ3v) is 7.96. The lowest BCUT2D eigenvalue weighted by Crippen LogP contribution is -2.32. The van der Waals surface area contributed by atoms with Crippen molar-refractivity contribution in [2.75, 3.05) is 13.2 Å². The van der Waals surface area contributed by atoms with Gasteiger partial charge in [0.2, 0.25) is 0 Å². The molecule has 0 aromatic carbocycles. The molecule has 0 aromatic rings. The van der Waals surface area contributed by atoms with Crippen molar-refractivity contribution in [3.63, 3.8) is 0 Å². The van der Waals surface area contributed by atoms with Crippen LogP contribution in [0.4, 0.5) is 0 Å². The van der Waals surface area contributed by atoms with Gasteiger partial charge in [-0.25, -0.2) is 0 Å². The molecule has 0 aromatic heterocycles. The molecule has 0 aliphatic rings. The fourth-order valence-electron chi connectivity index (χ4n) is 5.23. The largest absolute Gasteiger partial charge is 0.462 e. The Hall–Kier alpha value is -0.620. The molecule has 1 unspecified atom stereocenters. The number of esters is 2. The van der Waals surface area contributed by atoms with E-state index in [1.165, 1.54) is 141 Å². The van der Waals surface area contributed by atoms with Crippen LogP contribution in [0.25, 0.3) is 0 Å². The number of rotatable bonds is 32. The minimum Gasteiger partial charge on any atom is -0.462 e. The Morgan fingerprint density at radius 3 is 1.10 bits per heavy atom. The molecule has 41 heavy (non-hydrogen) atoms. The lowest BCUT2D eigenvalue weighted by atomic mass is 10.0. The summed E-state index contributed by atoms with van der Waals surface area (Å²) >= 11 is 0. The van der Waals surface area contributed by atoms with Crippen LogP contribution in [0.5, 0.6) is 0 Å². The summed E-state index contributed by atoms with van der Waals surface area (Å²) < 4.78 is 10.8. The van der Waals surface area contributed by atoms with Crippen molar-refractivity contribution in [2.45, 2.75) is 200 Å². The maximum Gasteiger partial charge on any atom is 0.306 e. The fourth-order valence-corrected chi connectivity index (χ4v) is 5.23. The van der Waals surface area contributed by atoms with Crippen LogP contribution in [0.15, 0.2) is 0 Å². The second kappa shape index (κ2) is 35.6. The summed E-state index contributed by atoms with van der Waals surface area (Å²) in [4.78, 5) is 24.2. The lowest BCUT2D eigenvalue weighted by Gasteiger charge is -2.16. The van der Waals surface area contributed by atoms with E-state index in [0.29, 0.717) is 12.8 Å². The van der Waals surface area contributed by atoms with Crippen molar-refractivity contribution in [3.8, 4) is 0 Å². The van der Waals surface area contributed by atoms with Gasteiger partial charge in [0.25, 0.3) is 0 Å². The Kier molecular flexibility index (Phi) is 36.9. The number of ether oxygens (including phenoxy) is 2. The highest BCUT2D eigenvalue weighted by atomic mass is 79.9. The van der Waals surface area contributed by atoms with E-state index < -0.39 is 6.10 Å². The van der Waals surface area contributed by atoms with Gasteiger partial charge in [-0.1, -0.05) is 168 Å². The zero-order valence-corrected chi connectivity index (χ0v) is 29.1. The second-order valence-electron chi connectivity index (χ2n) is 12.0. The van der Waals surface area contributed by atoms with Crippen LogP contribution in [0, 0.1) is 0 Å². The van der Waals surface area contributed by atoms with Crippen molar-refractivity contribution >= 4 is 28.9 Å². The van der Waals surface area contributed by atoms with Crippen molar-refractivity contribution in [1.29, 1.82) is 0 Å². The molecule has 6 heteroatoms. The first-order chi connectivity index (χ1) is 19.6. The lowest BCUT2D eigenvalue weighted by molar-refractivity contribution is -0.158. The molecular formula is C35H70BrNO4. The average molecular weight is 649 g/mol. The molecule has 246 valence electrons. The molecule has 0 amide bonds. The summed E-state index contributed by atoms with van der Waals surface area (Å²) in [6, 6.07) is 0. The molecule has 0 heterocycles. The zero-order chi connectivity index (χ0) is 29.4. The highest BCUT2D eigenvalue weighted by Gasteiger charge is 2.15. The summed E-state index contributed by atoms with van der Waals surface area (Å²) in [6.45, 7) is 4.77. The molecule has 0 fully saturated rings. The van der Waals surface area contributed by atoms with Crippen LogP contribution in [0.1, 0.15) is 194 Å². The molecule has 0 spiro atoms. The molecular weight excluding hydrogens is 578 g/mol. The van der Waals surface area contributed by atoms with Crippen LogP contribution in [0.3, 0.4) is 0 Å². The zero-order valence-electron chi connectivity index (χ0n) is 27.4. The van der Waals surface area contributed by atoms with Crippen molar-refractivity contribution < 1.29 is 19.1 Å². The van der Waals surface area contributed by atoms with E-state index in [2.05, 4.69) is 13.8 Å². The standard InChI is InChI=1S/C35H69NO4.BrH/c1-3-5-7-9-11-13-15-17-19-21-23-25-27-29-34(37)39-32-33(31-36)40-35(38)30-28-26-24-22-20-18-16-14-12-10-8-6-4-2;/h33H,3-32,36H2,1-2H3;1H. The topological polar surface area (TPSA) is 78.6 Å². The predicted molar refractivity (Wildman–Crippen MR) is 181 cm³/mol. The fraction of sp³-hybridized carbons (Fsp3) is 0.943. The quantitative estimate of drug-likeness (QED) is 0.0580. The van der Waals surface area contributed by atoms with Crippen LogP contribution in [-0.4, -0.2) is 31.2 Å².